The fourth-order valence-corrected chi connectivity index (χ4v) is 3.73. The summed E-state index contributed by atoms with van der Waals surface area (Å²) in [5.41, 5.74) is 2.57. The minimum atomic E-state index is -3.62. The van der Waals surface area contributed by atoms with Crippen molar-refractivity contribution in [2.45, 2.75) is 32.0 Å². The highest BCUT2D eigenvalue weighted by Crippen LogP contribution is 2.22. The van der Waals surface area contributed by atoms with Crippen molar-refractivity contribution < 1.29 is 12.8 Å². The zero-order valence-corrected chi connectivity index (χ0v) is 13.9. The Bertz CT molecular complexity index is 691. The zero-order valence-electron chi connectivity index (χ0n) is 12.3. The van der Waals surface area contributed by atoms with Crippen molar-refractivity contribution in [3.05, 3.63) is 34.0 Å². The molecule has 6 nitrogen and oxygen atoms in total. The molecule has 2 aromatic heterocycles. The molecule has 0 unspecified atom stereocenters. The van der Waals surface area contributed by atoms with E-state index in [2.05, 4.69) is 10.3 Å². The van der Waals surface area contributed by atoms with E-state index in [0.717, 1.165) is 17.1 Å². The predicted molar refractivity (Wildman–Crippen MR) is 81.6 cm³/mol. The molecule has 0 radical (unpaired) electrons. The number of hydrogen-bond donors (Lipinski definition) is 1. The van der Waals surface area contributed by atoms with Crippen molar-refractivity contribution in [1.82, 2.24) is 14.6 Å². The molecule has 0 aliphatic rings. The molecule has 8 heteroatoms. The lowest BCUT2D eigenvalue weighted by Gasteiger charge is -2.14. The topological polar surface area (TPSA) is 75.4 Å². The van der Waals surface area contributed by atoms with Crippen molar-refractivity contribution in [2.75, 3.05) is 13.6 Å². The summed E-state index contributed by atoms with van der Waals surface area (Å²) in [6.45, 7) is 5.46. The third kappa shape index (κ3) is 3.70. The van der Waals surface area contributed by atoms with Crippen LogP contribution >= 0.6 is 11.3 Å². The van der Waals surface area contributed by atoms with Crippen molar-refractivity contribution in [1.29, 1.82) is 0 Å². The summed E-state index contributed by atoms with van der Waals surface area (Å²) in [6.07, 6.45) is 0. The fourth-order valence-electron chi connectivity index (χ4n) is 1.76. The molecule has 0 saturated carbocycles. The van der Waals surface area contributed by atoms with Gasteiger partial charge in [-0.3, -0.25) is 0 Å². The van der Waals surface area contributed by atoms with Gasteiger partial charge in [0.15, 0.2) is 0 Å². The van der Waals surface area contributed by atoms with Crippen molar-refractivity contribution in [2.24, 2.45) is 0 Å². The maximum Gasteiger partial charge on any atom is 0.276 e. The van der Waals surface area contributed by atoms with Crippen molar-refractivity contribution >= 4 is 21.4 Å². The summed E-state index contributed by atoms with van der Waals surface area (Å²) in [7, 11) is -2.08. The zero-order chi connectivity index (χ0) is 15.5. The van der Waals surface area contributed by atoms with Crippen LogP contribution in [0.25, 0.3) is 0 Å². The van der Waals surface area contributed by atoms with Gasteiger partial charge in [0, 0.05) is 18.5 Å². The summed E-state index contributed by atoms with van der Waals surface area (Å²) < 4.78 is 31.6. The molecule has 0 aliphatic carbocycles. The number of nitrogens with one attached hydrogen (secondary N) is 1. The SMILES string of the molecule is CCNCc1ccc(S(=O)(=O)N(C)Cc2scnc2C)o1. The molecule has 2 aromatic rings. The molecule has 2 rings (SSSR count). The van der Waals surface area contributed by atoms with E-state index in [1.807, 2.05) is 13.8 Å². The number of hydrogen-bond acceptors (Lipinski definition) is 6. The number of sulfonamides is 1. The molecule has 0 atom stereocenters. The molecule has 21 heavy (non-hydrogen) atoms. The highest BCUT2D eigenvalue weighted by Gasteiger charge is 2.25. The molecule has 0 saturated heterocycles. The number of aromatic nitrogens is 1. The summed E-state index contributed by atoms with van der Waals surface area (Å²) in [6, 6.07) is 3.18. The first kappa shape index (κ1) is 16.2. The molecule has 0 aliphatic heterocycles. The standard InChI is InChI=1S/C13H19N3O3S2/c1-4-14-7-11-5-6-13(19-11)21(17,18)16(3)8-12-10(2)15-9-20-12/h5-6,9,14H,4,7-8H2,1-3H3. The molecular weight excluding hydrogens is 310 g/mol. The summed E-state index contributed by atoms with van der Waals surface area (Å²) in [5.74, 6) is 0.609. The van der Waals surface area contributed by atoms with Gasteiger partial charge in [0.1, 0.15) is 5.76 Å². The summed E-state index contributed by atoms with van der Waals surface area (Å²) in [4.78, 5) is 5.06. The van der Waals surface area contributed by atoms with Crippen LogP contribution in [0, 0.1) is 6.92 Å². The molecule has 0 amide bonds. The molecule has 1 N–H and O–H groups in total. The van der Waals surface area contributed by atoms with Crippen LogP contribution in [0.4, 0.5) is 0 Å². The highest BCUT2D eigenvalue weighted by molar-refractivity contribution is 7.88. The van der Waals surface area contributed by atoms with Gasteiger partial charge in [-0.05, 0) is 25.6 Å². The highest BCUT2D eigenvalue weighted by atomic mass is 32.2. The van der Waals surface area contributed by atoms with Crippen LogP contribution in [-0.2, 0) is 23.1 Å². The molecule has 0 aromatic carbocycles. The van der Waals surface area contributed by atoms with Crippen LogP contribution in [-0.4, -0.2) is 31.3 Å². The van der Waals surface area contributed by atoms with E-state index in [1.165, 1.54) is 21.7 Å². The van der Waals surface area contributed by atoms with Crippen molar-refractivity contribution in [3.8, 4) is 0 Å². The van der Waals surface area contributed by atoms with E-state index in [-0.39, 0.29) is 5.09 Å². The van der Waals surface area contributed by atoms with E-state index in [9.17, 15) is 8.42 Å². The third-order valence-electron chi connectivity index (χ3n) is 3.06. The van der Waals surface area contributed by atoms with Crippen LogP contribution in [0.2, 0.25) is 0 Å². The minimum Gasteiger partial charge on any atom is -0.447 e. The van der Waals surface area contributed by atoms with Gasteiger partial charge < -0.3 is 9.73 Å². The van der Waals surface area contributed by atoms with E-state index >= 15 is 0 Å². The number of aryl methyl sites for hydroxylation is 1. The first-order chi connectivity index (χ1) is 9.95. The van der Waals surface area contributed by atoms with E-state index in [0.29, 0.717) is 18.8 Å². The normalized spacial score (nSPS) is 12.2. The molecule has 2 heterocycles. The second kappa shape index (κ2) is 6.69. The van der Waals surface area contributed by atoms with E-state index in [4.69, 9.17) is 4.42 Å². The number of rotatable bonds is 7. The van der Waals surface area contributed by atoms with Gasteiger partial charge in [-0.2, -0.15) is 4.31 Å². The number of furan rings is 1. The summed E-state index contributed by atoms with van der Waals surface area (Å²) >= 11 is 1.45. The monoisotopic (exact) mass is 329 g/mol. The Morgan fingerprint density at radius 3 is 2.81 bits per heavy atom. The van der Waals surface area contributed by atoms with Gasteiger partial charge >= 0.3 is 0 Å². The Hall–Kier alpha value is -1.22. The van der Waals surface area contributed by atoms with Gasteiger partial charge in [-0.15, -0.1) is 11.3 Å². The molecule has 0 fully saturated rings. The third-order valence-corrected chi connectivity index (χ3v) is 5.66. The van der Waals surface area contributed by atoms with Gasteiger partial charge in [-0.25, -0.2) is 13.4 Å². The Morgan fingerprint density at radius 2 is 2.19 bits per heavy atom. The lowest BCUT2D eigenvalue weighted by atomic mass is 10.4. The van der Waals surface area contributed by atoms with Crippen LogP contribution in [0.15, 0.2) is 27.2 Å². The molecular formula is C13H19N3O3S2. The van der Waals surface area contributed by atoms with E-state index in [1.54, 1.807) is 18.6 Å². The van der Waals surface area contributed by atoms with Crippen molar-refractivity contribution in [3.63, 3.8) is 0 Å². The lowest BCUT2D eigenvalue weighted by molar-refractivity contribution is 0.380. The minimum absolute atomic E-state index is 0.0277. The first-order valence-electron chi connectivity index (χ1n) is 6.60. The fraction of sp³-hybridized carbons (Fsp3) is 0.462. The van der Waals surface area contributed by atoms with Gasteiger partial charge in [0.2, 0.25) is 5.09 Å². The van der Waals surface area contributed by atoms with Gasteiger partial charge in [-0.1, -0.05) is 6.92 Å². The smallest absolute Gasteiger partial charge is 0.276 e. The first-order valence-corrected chi connectivity index (χ1v) is 8.92. The number of thiazole rings is 1. The average molecular weight is 329 g/mol. The molecule has 0 bridgehead atoms. The van der Waals surface area contributed by atoms with Gasteiger partial charge in [0.05, 0.1) is 17.7 Å². The van der Waals surface area contributed by atoms with Crippen LogP contribution in [0.3, 0.4) is 0 Å². The molecule has 0 spiro atoms. The van der Waals surface area contributed by atoms with Crippen LogP contribution in [0.5, 0.6) is 0 Å². The van der Waals surface area contributed by atoms with Gasteiger partial charge in [0.25, 0.3) is 10.0 Å². The average Bonchev–Trinajstić information content (AvgIpc) is 3.06. The Balaban J connectivity index is 2.13. The largest absolute Gasteiger partial charge is 0.447 e. The van der Waals surface area contributed by atoms with Crippen LogP contribution < -0.4 is 5.32 Å². The maximum absolute atomic E-state index is 12.5. The van der Waals surface area contributed by atoms with E-state index < -0.39 is 10.0 Å². The second-order valence-corrected chi connectivity index (χ2v) is 7.54. The second-order valence-electron chi connectivity index (χ2n) is 4.62. The Morgan fingerprint density at radius 1 is 1.43 bits per heavy atom. The number of nitrogens with zero attached hydrogens (tertiary/aromatic N) is 2. The Labute approximate surface area is 128 Å². The maximum atomic E-state index is 12.5. The predicted octanol–water partition coefficient (Wildman–Crippen LogP) is 1.97. The molecule has 116 valence electrons. The lowest BCUT2D eigenvalue weighted by Crippen LogP contribution is -2.26. The van der Waals surface area contributed by atoms with Crippen LogP contribution in [0.1, 0.15) is 23.3 Å². The summed E-state index contributed by atoms with van der Waals surface area (Å²) in [5, 5.41) is 3.07. The quantitative estimate of drug-likeness (QED) is 0.840. The Kier molecular flexibility index (Phi) is 5.15.